The highest BCUT2D eigenvalue weighted by atomic mass is 79.9. The third-order valence-corrected chi connectivity index (χ3v) is 5.56. The Balaban J connectivity index is 2.49. The molecular weight excluding hydrogens is 356 g/mol. The van der Waals surface area contributed by atoms with E-state index in [0.717, 1.165) is 10.0 Å². The molecule has 0 radical (unpaired) electrons. The molecule has 0 saturated carbocycles. The van der Waals surface area contributed by atoms with Crippen molar-refractivity contribution in [2.75, 3.05) is 25.9 Å². The minimum absolute atomic E-state index is 0.159. The third kappa shape index (κ3) is 5.41. The Morgan fingerprint density at radius 1 is 1.38 bits per heavy atom. The van der Waals surface area contributed by atoms with Crippen LogP contribution < -0.4 is 5.32 Å². The van der Waals surface area contributed by atoms with Crippen LogP contribution in [0.1, 0.15) is 29.3 Å². The van der Waals surface area contributed by atoms with Crippen LogP contribution in [-0.2, 0) is 10.0 Å². The summed E-state index contributed by atoms with van der Waals surface area (Å²) >= 11 is 3.40. The number of nitrogens with one attached hydrogen (secondary N) is 1. The molecule has 0 unspecified atom stereocenters. The summed E-state index contributed by atoms with van der Waals surface area (Å²) in [5, 5.41) is 2.81. The Morgan fingerprint density at radius 3 is 2.62 bits per heavy atom. The average Bonchev–Trinajstić information content (AvgIpc) is 2.40. The molecule has 0 aromatic heterocycles. The first-order chi connectivity index (χ1) is 9.77. The van der Waals surface area contributed by atoms with Crippen LogP contribution in [-0.4, -0.2) is 44.5 Å². The highest BCUT2D eigenvalue weighted by Gasteiger charge is 2.14. The molecule has 1 amide bonds. The molecule has 0 saturated heterocycles. The normalized spacial score (nSPS) is 11.7. The third-order valence-electron chi connectivity index (χ3n) is 3.13. The summed E-state index contributed by atoms with van der Waals surface area (Å²) in [6.07, 6.45) is 1.77. The van der Waals surface area contributed by atoms with E-state index in [9.17, 15) is 13.2 Å². The number of sulfonamides is 1. The van der Waals surface area contributed by atoms with Crippen molar-refractivity contribution in [3.63, 3.8) is 0 Å². The van der Waals surface area contributed by atoms with Crippen LogP contribution >= 0.6 is 15.9 Å². The lowest BCUT2D eigenvalue weighted by Gasteiger charge is -2.17. The van der Waals surface area contributed by atoms with Crippen molar-refractivity contribution in [2.24, 2.45) is 0 Å². The van der Waals surface area contributed by atoms with Crippen molar-refractivity contribution in [2.45, 2.75) is 20.3 Å². The number of rotatable bonds is 7. The van der Waals surface area contributed by atoms with Gasteiger partial charge < -0.3 is 5.32 Å². The summed E-state index contributed by atoms with van der Waals surface area (Å²) in [6, 6.07) is 5.50. The Kier molecular flexibility index (Phi) is 6.83. The molecule has 1 aromatic rings. The van der Waals surface area contributed by atoms with Gasteiger partial charge in [-0.1, -0.05) is 19.1 Å². The largest absolute Gasteiger partial charge is 0.352 e. The van der Waals surface area contributed by atoms with Gasteiger partial charge in [-0.05, 0) is 40.9 Å². The second-order valence-corrected chi connectivity index (χ2v) is 7.58. The van der Waals surface area contributed by atoms with Crippen molar-refractivity contribution in [1.82, 2.24) is 9.62 Å². The van der Waals surface area contributed by atoms with Crippen LogP contribution in [0.25, 0.3) is 0 Å². The molecular formula is C14H21BrN2O3S. The van der Waals surface area contributed by atoms with E-state index in [1.807, 2.05) is 19.1 Å². The van der Waals surface area contributed by atoms with Crippen LogP contribution in [0.2, 0.25) is 0 Å². The summed E-state index contributed by atoms with van der Waals surface area (Å²) in [4.78, 5) is 12.1. The fourth-order valence-electron chi connectivity index (χ4n) is 1.93. The highest BCUT2D eigenvalue weighted by molar-refractivity contribution is 9.10. The van der Waals surface area contributed by atoms with E-state index in [4.69, 9.17) is 0 Å². The van der Waals surface area contributed by atoms with Gasteiger partial charge in [0.2, 0.25) is 10.0 Å². The van der Waals surface area contributed by atoms with Gasteiger partial charge >= 0.3 is 0 Å². The van der Waals surface area contributed by atoms with Crippen molar-refractivity contribution in [3.8, 4) is 0 Å². The second kappa shape index (κ2) is 7.91. The first-order valence-electron chi connectivity index (χ1n) is 6.75. The number of amides is 1. The molecule has 7 heteroatoms. The molecule has 1 rings (SSSR count). The smallest absolute Gasteiger partial charge is 0.252 e. The van der Waals surface area contributed by atoms with Crippen molar-refractivity contribution in [3.05, 3.63) is 33.8 Å². The van der Waals surface area contributed by atoms with Gasteiger partial charge in [-0.3, -0.25) is 4.79 Å². The molecule has 0 spiro atoms. The Morgan fingerprint density at radius 2 is 2.05 bits per heavy atom. The van der Waals surface area contributed by atoms with Crippen molar-refractivity contribution >= 4 is 31.9 Å². The van der Waals surface area contributed by atoms with Gasteiger partial charge in [0.15, 0.2) is 0 Å². The molecule has 0 bridgehead atoms. The molecule has 0 fully saturated rings. The first kappa shape index (κ1) is 18.1. The van der Waals surface area contributed by atoms with E-state index in [0.29, 0.717) is 31.6 Å². The van der Waals surface area contributed by atoms with Crippen molar-refractivity contribution in [1.29, 1.82) is 0 Å². The van der Waals surface area contributed by atoms with Crippen LogP contribution in [0, 0.1) is 6.92 Å². The summed E-state index contributed by atoms with van der Waals surface area (Å²) in [5.41, 5.74) is 1.59. The SMILES string of the molecule is CCN(CCCNC(=O)c1cccc(C)c1Br)S(C)(=O)=O. The molecule has 0 heterocycles. The topological polar surface area (TPSA) is 66.5 Å². The summed E-state index contributed by atoms with van der Waals surface area (Å²) in [7, 11) is -3.17. The molecule has 0 aliphatic heterocycles. The van der Waals surface area contributed by atoms with E-state index in [-0.39, 0.29) is 5.91 Å². The zero-order valence-electron chi connectivity index (χ0n) is 12.5. The zero-order chi connectivity index (χ0) is 16.0. The summed E-state index contributed by atoms with van der Waals surface area (Å²) in [5.74, 6) is -0.159. The molecule has 5 nitrogen and oxygen atoms in total. The van der Waals surface area contributed by atoms with Gasteiger partial charge in [0.05, 0.1) is 11.8 Å². The molecule has 118 valence electrons. The number of carbonyl (C=O) groups excluding carboxylic acids is 1. The minimum atomic E-state index is -3.17. The number of halogens is 1. The maximum atomic E-state index is 12.1. The van der Waals surface area contributed by atoms with Gasteiger partial charge in [-0.2, -0.15) is 0 Å². The van der Waals surface area contributed by atoms with Crippen molar-refractivity contribution < 1.29 is 13.2 Å². The predicted molar refractivity (Wildman–Crippen MR) is 87.9 cm³/mol. The maximum absolute atomic E-state index is 12.1. The van der Waals surface area contributed by atoms with Gasteiger partial charge in [0.1, 0.15) is 0 Å². The minimum Gasteiger partial charge on any atom is -0.352 e. The van der Waals surface area contributed by atoms with Crippen LogP contribution in [0.15, 0.2) is 22.7 Å². The fraction of sp³-hybridized carbons (Fsp3) is 0.500. The van der Waals surface area contributed by atoms with E-state index in [1.165, 1.54) is 10.6 Å². The van der Waals surface area contributed by atoms with E-state index < -0.39 is 10.0 Å². The van der Waals surface area contributed by atoms with Gasteiger partial charge in [-0.15, -0.1) is 0 Å². The predicted octanol–water partition coefficient (Wildman–Crippen LogP) is 2.16. The average molecular weight is 377 g/mol. The quantitative estimate of drug-likeness (QED) is 0.741. The van der Waals surface area contributed by atoms with E-state index in [2.05, 4.69) is 21.2 Å². The van der Waals surface area contributed by atoms with Gasteiger partial charge in [0.25, 0.3) is 5.91 Å². The number of hydrogen-bond donors (Lipinski definition) is 1. The van der Waals surface area contributed by atoms with Crippen LogP contribution in [0.3, 0.4) is 0 Å². The lowest BCUT2D eigenvalue weighted by molar-refractivity contribution is 0.0952. The monoisotopic (exact) mass is 376 g/mol. The number of hydrogen-bond acceptors (Lipinski definition) is 3. The van der Waals surface area contributed by atoms with Gasteiger partial charge in [0, 0.05) is 24.1 Å². The number of carbonyl (C=O) groups is 1. The lowest BCUT2D eigenvalue weighted by Crippen LogP contribution is -2.33. The molecule has 0 aliphatic carbocycles. The molecule has 0 aliphatic rings. The molecule has 21 heavy (non-hydrogen) atoms. The zero-order valence-corrected chi connectivity index (χ0v) is 14.9. The van der Waals surface area contributed by atoms with E-state index in [1.54, 1.807) is 13.0 Å². The Hall–Kier alpha value is -0.920. The van der Waals surface area contributed by atoms with Crippen LogP contribution in [0.5, 0.6) is 0 Å². The molecule has 1 N–H and O–H groups in total. The van der Waals surface area contributed by atoms with E-state index >= 15 is 0 Å². The Bertz CT molecular complexity index is 602. The molecule has 1 aromatic carbocycles. The number of nitrogens with zero attached hydrogens (tertiary/aromatic N) is 1. The highest BCUT2D eigenvalue weighted by Crippen LogP contribution is 2.20. The lowest BCUT2D eigenvalue weighted by atomic mass is 10.1. The molecule has 0 atom stereocenters. The summed E-state index contributed by atoms with van der Waals surface area (Å²) < 4.78 is 25.0. The maximum Gasteiger partial charge on any atom is 0.252 e. The fourth-order valence-corrected chi connectivity index (χ4v) is 3.31. The van der Waals surface area contributed by atoms with Gasteiger partial charge in [-0.25, -0.2) is 12.7 Å². The van der Waals surface area contributed by atoms with Crippen LogP contribution in [0.4, 0.5) is 0 Å². The summed E-state index contributed by atoms with van der Waals surface area (Å²) in [6.45, 7) is 5.00. The standard InChI is InChI=1S/C14H21BrN2O3S/c1-4-17(21(3,19)20)10-6-9-16-14(18)12-8-5-7-11(2)13(12)15/h5,7-8H,4,6,9-10H2,1-3H3,(H,16,18). The Labute approximate surface area is 134 Å². The second-order valence-electron chi connectivity index (χ2n) is 4.80. The first-order valence-corrected chi connectivity index (χ1v) is 9.40. The number of aryl methyl sites for hydroxylation is 1. The number of benzene rings is 1.